The molecule has 0 fully saturated rings. The van der Waals surface area contributed by atoms with E-state index in [-0.39, 0.29) is 0 Å². The summed E-state index contributed by atoms with van der Waals surface area (Å²) in [6.07, 6.45) is 3.26. The Bertz CT molecular complexity index is 410. The second kappa shape index (κ2) is 3.26. The maximum absolute atomic E-state index is 4.25. The van der Waals surface area contributed by atoms with E-state index in [0.29, 0.717) is 0 Å². The van der Waals surface area contributed by atoms with Gasteiger partial charge in [-0.3, -0.25) is 0 Å². The molecule has 2 aromatic rings. The van der Waals surface area contributed by atoms with Gasteiger partial charge >= 0.3 is 0 Å². The van der Waals surface area contributed by atoms with Gasteiger partial charge in [-0.2, -0.15) is 10.2 Å². The zero-order chi connectivity index (χ0) is 9.26. The molecule has 0 saturated heterocycles. The van der Waals surface area contributed by atoms with E-state index < -0.39 is 0 Å². The van der Waals surface area contributed by atoms with Crippen LogP contribution in [0.4, 0.5) is 0 Å². The molecule has 0 aromatic carbocycles. The molecule has 0 spiro atoms. The van der Waals surface area contributed by atoms with Crippen molar-refractivity contribution in [2.24, 2.45) is 0 Å². The minimum atomic E-state index is 0.753. The second-order valence-electron chi connectivity index (χ2n) is 2.58. The van der Waals surface area contributed by atoms with Crippen LogP contribution >= 0.6 is 15.9 Å². The lowest BCUT2D eigenvalue weighted by Gasteiger charge is -2.01. The van der Waals surface area contributed by atoms with Gasteiger partial charge in [0, 0.05) is 5.69 Å². The van der Waals surface area contributed by atoms with E-state index in [9.17, 15) is 0 Å². The number of aromatic nitrogens is 4. The number of hydrogen-bond donors (Lipinski definition) is 0. The minimum absolute atomic E-state index is 0.753. The molecule has 0 amide bonds. The van der Waals surface area contributed by atoms with Gasteiger partial charge in [0.2, 0.25) is 0 Å². The summed E-state index contributed by atoms with van der Waals surface area (Å²) in [5.74, 6) is 0. The fraction of sp³-hybridized carbons (Fsp3) is 0.125. The maximum atomic E-state index is 4.25. The zero-order valence-electron chi connectivity index (χ0n) is 6.98. The number of hydrogen-bond acceptors (Lipinski definition) is 3. The van der Waals surface area contributed by atoms with E-state index in [4.69, 9.17) is 0 Å². The van der Waals surface area contributed by atoms with Gasteiger partial charge in [-0.25, -0.2) is 4.98 Å². The third-order valence-electron chi connectivity index (χ3n) is 1.60. The molecule has 0 N–H and O–H groups in total. The zero-order valence-corrected chi connectivity index (χ0v) is 8.56. The molecule has 5 heteroatoms. The van der Waals surface area contributed by atoms with Crippen LogP contribution in [0, 0.1) is 6.92 Å². The summed E-state index contributed by atoms with van der Waals surface area (Å²) in [6, 6.07) is 3.84. The fourth-order valence-electron chi connectivity index (χ4n) is 1.01. The Hall–Kier alpha value is -1.23. The van der Waals surface area contributed by atoms with Crippen molar-refractivity contribution in [2.45, 2.75) is 6.92 Å². The summed E-state index contributed by atoms with van der Waals surface area (Å²) in [6.45, 7) is 1.94. The number of nitrogens with zero attached hydrogens (tertiary/aromatic N) is 4. The van der Waals surface area contributed by atoms with E-state index in [1.807, 2.05) is 19.1 Å². The van der Waals surface area contributed by atoms with Crippen LogP contribution in [0.25, 0.3) is 5.69 Å². The van der Waals surface area contributed by atoms with Crippen LogP contribution in [0.15, 0.2) is 29.1 Å². The first-order valence-corrected chi connectivity index (χ1v) is 4.56. The van der Waals surface area contributed by atoms with E-state index in [1.54, 1.807) is 12.4 Å². The van der Waals surface area contributed by atoms with Gasteiger partial charge in [-0.1, -0.05) is 0 Å². The summed E-state index contributed by atoms with van der Waals surface area (Å²) in [5.41, 5.74) is 1.80. The summed E-state index contributed by atoms with van der Waals surface area (Å²) in [4.78, 5) is 5.77. The lowest BCUT2D eigenvalue weighted by molar-refractivity contribution is 0.743. The monoisotopic (exact) mass is 238 g/mol. The Morgan fingerprint density at radius 1 is 1.23 bits per heavy atom. The Morgan fingerprint density at radius 3 is 2.54 bits per heavy atom. The van der Waals surface area contributed by atoms with Crippen molar-refractivity contribution >= 4 is 15.9 Å². The Labute approximate surface area is 83.7 Å². The van der Waals surface area contributed by atoms with Crippen molar-refractivity contribution in [3.63, 3.8) is 0 Å². The quantitative estimate of drug-likeness (QED) is 0.712. The average Bonchev–Trinajstić information content (AvgIpc) is 2.56. The van der Waals surface area contributed by atoms with Crippen molar-refractivity contribution < 1.29 is 0 Å². The molecule has 2 aromatic heterocycles. The Morgan fingerprint density at radius 2 is 1.92 bits per heavy atom. The van der Waals surface area contributed by atoms with Crippen molar-refractivity contribution in [1.82, 2.24) is 20.0 Å². The highest BCUT2D eigenvalue weighted by molar-refractivity contribution is 9.10. The molecule has 0 aliphatic rings. The highest BCUT2D eigenvalue weighted by Gasteiger charge is 2.03. The highest BCUT2D eigenvalue weighted by Crippen LogP contribution is 2.16. The average molecular weight is 239 g/mol. The summed E-state index contributed by atoms with van der Waals surface area (Å²) in [7, 11) is 0. The van der Waals surface area contributed by atoms with Crippen molar-refractivity contribution in [2.75, 3.05) is 0 Å². The van der Waals surface area contributed by atoms with Crippen LogP contribution < -0.4 is 0 Å². The second-order valence-corrected chi connectivity index (χ2v) is 3.33. The molecule has 0 aliphatic heterocycles. The first kappa shape index (κ1) is 8.37. The molecule has 0 unspecified atom stereocenters. The highest BCUT2D eigenvalue weighted by atomic mass is 79.9. The van der Waals surface area contributed by atoms with Crippen LogP contribution in [0.3, 0.4) is 0 Å². The van der Waals surface area contributed by atoms with Gasteiger partial charge < -0.3 is 0 Å². The molecular weight excluding hydrogens is 232 g/mol. The minimum Gasteiger partial charge on any atom is -0.244 e. The van der Waals surface area contributed by atoms with E-state index in [1.165, 1.54) is 4.80 Å². The van der Waals surface area contributed by atoms with Crippen LogP contribution in [-0.2, 0) is 0 Å². The van der Waals surface area contributed by atoms with Crippen LogP contribution in [0.2, 0.25) is 0 Å². The standard InChI is InChI=1S/C8H7BrN4/c1-6-2-3-7(8(9)12-6)13-10-4-5-11-13/h2-5H,1H3. The number of pyridine rings is 1. The smallest absolute Gasteiger partial charge is 0.133 e. The number of halogens is 1. The fourth-order valence-corrected chi connectivity index (χ4v) is 1.58. The lowest BCUT2D eigenvalue weighted by Crippen LogP contribution is -2.01. The SMILES string of the molecule is Cc1ccc(-n2nccn2)c(Br)n1. The third-order valence-corrected chi connectivity index (χ3v) is 2.19. The van der Waals surface area contributed by atoms with Gasteiger partial charge in [0.15, 0.2) is 0 Å². The lowest BCUT2D eigenvalue weighted by atomic mass is 10.3. The predicted octanol–water partition coefficient (Wildman–Crippen LogP) is 1.73. The largest absolute Gasteiger partial charge is 0.244 e. The molecule has 0 bridgehead atoms. The first-order chi connectivity index (χ1) is 6.27. The van der Waals surface area contributed by atoms with Gasteiger partial charge in [-0.05, 0) is 35.0 Å². The molecule has 0 saturated carbocycles. The molecule has 66 valence electrons. The van der Waals surface area contributed by atoms with Gasteiger partial charge in [0.1, 0.15) is 10.3 Å². The number of aryl methyl sites for hydroxylation is 1. The summed E-state index contributed by atoms with van der Waals surface area (Å²) >= 11 is 3.36. The van der Waals surface area contributed by atoms with E-state index in [2.05, 4.69) is 31.1 Å². The van der Waals surface area contributed by atoms with Crippen LogP contribution in [-0.4, -0.2) is 20.0 Å². The van der Waals surface area contributed by atoms with Crippen molar-refractivity contribution in [3.05, 3.63) is 34.8 Å². The summed E-state index contributed by atoms with van der Waals surface area (Å²) in [5, 5.41) is 8.03. The van der Waals surface area contributed by atoms with Gasteiger partial charge in [0.05, 0.1) is 12.4 Å². The van der Waals surface area contributed by atoms with Crippen molar-refractivity contribution in [1.29, 1.82) is 0 Å². The maximum Gasteiger partial charge on any atom is 0.133 e. The molecule has 0 radical (unpaired) electrons. The van der Waals surface area contributed by atoms with Crippen molar-refractivity contribution in [3.8, 4) is 5.69 Å². The molecule has 4 nitrogen and oxygen atoms in total. The molecule has 0 atom stereocenters. The van der Waals surface area contributed by atoms with E-state index >= 15 is 0 Å². The van der Waals surface area contributed by atoms with Gasteiger partial charge in [0.25, 0.3) is 0 Å². The Balaban J connectivity index is 2.53. The summed E-state index contributed by atoms with van der Waals surface area (Å²) < 4.78 is 0.753. The molecule has 2 heterocycles. The third kappa shape index (κ3) is 1.60. The van der Waals surface area contributed by atoms with Crippen LogP contribution in [0.5, 0.6) is 0 Å². The van der Waals surface area contributed by atoms with Crippen LogP contribution in [0.1, 0.15) is 5.69 Å². The predicted molar refractivity (Wildman–Crippen MR) is 51.6 cm³/mol. The molecule has 0 aliphatic carbocycles. The Kier molecular flexibility index (Phi) is 2.10. The van der Waals surface area contributed by atoms with Gasteiger partial charge in [-0.15, -0.1) is 4.80 Å². The first-order valence-electron chi connectivity index (χ1n) is 3.77. The van der Waals surface area contributed by atoms with E-state index in [0.717, 1.165) is 16.0 Å². The molecule has 13 heavy (non-hydrogen) atoms. The topological polar surface area (TPSA) is 43.6 Å². The molecular formula is C8H7BrN4. The number of rotatable bonds is 1. The molecule has 2 rings (SSSR count). The normalized spacial score (nSPS) is 10.3.